The molecule has 0 aliphatic carbocycles. The topological polar surface area (TPSA) is 43.4 Å². The van der Waals surface area contributed by atoms with Crippen LogP contribution in [0.2, 0.25) is 0 Å². The fourth-order valence-corrected chi connectivity index (χ4v) is 4.09. The normalized spacial score (nSPS) is 14.6. The molecule has 0 atom stereocenters. The summed E-state index contributed by atoms with van der Waals surface area (Å²) in [5, 5.41) is 8.39. The number of nitrogens with zero attached hydrogens (tertiary/aromatic N) is 3. The molecular formula is C25H31N5S. The third-order valence-electron chi connectivity index (χ3n) is 5.97. The fourth-order valence-electron chi connectivity index (χ4n) is 3.90. The molecule has 1 aliphatic rings. The van der Waals surface area contributed by atoms with Crippen molar-refractivity contribution in [2.75, 3.05) is 43.4 Å². The Kier molecular flexibility index (Phi) is 6.68. The van der Waals surface area contributed by atoms with E-state index in [2.05, 4.69) is 83.8 Å². The molecule has 0 spiro atoms. The van der Waals surface area contributed by atoms with Gasteiger partial charge < -0.3 is 20.4 Å². The van der Waals surface area contributed by atoms with E-state index in [0.29, 0.717) is 11.7 Å². The van der Waals surface area contributed by atoms with Crippen LogP contribution >= 0.6 is 12.2 Å². The summed E-state index contributed by atoms with van der Waals surface area (Å²) in [7, 11) is 2.17. The first-order chi connectivity index (χ1) is 15.0. The summed E-state index contributed by atoms with van der Waals surface area (Å²) in [6.07, 6.45) is 1.06. The molecule has 1 aromatic heterocycles. The lowest BCUT2D eigenvalue weighted by atomic mass is 10.1. The van der Waals surface area contributed by atoms with Gasteiger partial charge in [0.05, 0.1) is 5.52 Å². The van der Waals surface area contributed by atoms with Gasteiger partial charge in [0.2, 0.25) is 0 Å². The first kappa shape index (κ1) is 21.5. The minimum Gasteiger partial charge on any atom is -0.358 e. The minimum atomic E-state index is 0.624. The molecule has 162 valence electrons. The highest BCUT2D eigenvalue weighted by Gasteiger charge is 2.16. The van der Waals surface area contributed by atoms with Crippen LogP contribution in [0.4, 0.5) is 11.5 Å². The number of thiocarbonyl (C=S) groups is 1. The van der Waals surface area contributed by atoms with Gasteiger partial charge in [0.25, 0.3) is 0 Å². The Hall–Kier alpha value is -2.70. The molecule has 1 aliphatic heterocycles. The van der Waals surface area contributed by atoms with Crippen LogP contribution in [0, 0.1) is 6.92 Å². The van der Waals surface area contributed by atoms with Crippen LogP contribution in [0.25, 0.3) is 10.9 Å². The molecule has 2 aromatic carbocycles. The second-order valence-corrected chi connectivity index (χ2v) is 8.71. The molecule has 1 fully saturated rings. The SMILES string of the molecule is CCc1ccc(CNC(=S)Nc2ccc3nc(N4CCN(C)CC4)cc(C)c3c2)cc1. The molecule has 1 saturated heterocycles. The van der Waals surface area contributed by atoms with Gasteiger partial charge >= 0.3 is 0 Å². The lowest BCUT2D eigenvalue weighted by Crippen LogP contribution is -2.44. The van der Waals surface area contributed by atoms with E-state index in [1.807, 2.05) is 6.07 Å². The van der Waals surface area contributed by atoms with Crippen molar-refractivity contribution < 1.29 is 0 Å². The lowest BCUT2D eigenvalue weighted by Gasteiger charge is -2.33. The molecule has 2 N–H and O–H groups in total. The summed E-state index contributed by atoms with van der Waals surface area (Å²) in [6.45, 7) is 9.23. The van der Waals surface area contributed by atoms with Gasteiger partial charge in [0.15, 0.2) is 5.11 Å². The van der Waals surface area contributed by atoms with Crippen LogP contribution < -0.4 is 15.5 Å². The van der Waals surface area contributed by atoms with Crippen molar-refractivity contribution in [3.8, 4) is 0 Å². The Morgan fingerprint density at radius 1 is 1.00 bits per heavy atom. The number of likely N-dealkylation sites (N-methyl/N-ethyl adjacent to an activating group) is 1. The van der Waals surface area contributed by atoms with Crippen LogP contribution in [0.15, 0.2) is 48.5 Å². The zero-order chi connectivity index (χ0) is 21.8. The molecule has 31 heavy (non-hydrogen) atoms. The number of anilines is 2. The molecule has 0 unspecified atom stereocenters. The lowest BCUT2D eigenvalue weighted by molar-refractivity contribution is 0.312. The largest absolute Gasteiger partial charge is 0.358 e. The molecule has 5 nitrogen and oxygen atoms in total. The maximum absolute atomic E-state index is 5.51. The van der Waals surface area contributed by atoms with Crippen molar-refractivity contribution in [2.45, 2.75) is 26.8 Å². The number of aromatic nitrogens is 1. The molecule has 0 radical (unpaired) electrons. The van der Waals surface area contributed by atoms with E-state index in [1.54, 1.807) is 0 Å². The number of nitrogens with one attached hydrogen (secondary N) is 2. The van der Waals surface area contributed by atoms with Gasteiger partial charge in [-0.2, -0.15) is 0 Å². The van der Waals surface area contributed by atoms with E-state index in [9.17, 15) is 0 Å². The van der Waals surface area contributed by atoms with Crippen molar-refractivity contribution in [1.29, 1.82) is 0 Å². The summed E-state index contributed by atoms with van der Waals surface area (Å²) < 4.78 is 0. The van der Waals surface area contributed by atoms with E-state index in [0.717, 1.165) is 55.0 Å². The number of hydrogen-bond donors (Lipinski definition) is 2. The van der Waals surface area contributed by atoms with Gasteiger partial charge in [-0.25, -0.2) is 4.98 Å². The first-order valence-electron chi connectivity index (χ1n) is 11.0. The van der Waals surface area contributed by atoms with Gasteiger partial charge in [0, 0.05) is 43.8 Å². The van der Waals surface area contributed by atoms with Crippen LogP contribution in [0.1, 0.15) is 23.6 Å². The van der Waals surface area contributed by atoms with Gasteiger partial charge in [-0.1, -0.05) is 31.2 Å². The van der Waals surface area contributed by atoms with Crippen LogP contribution in [0.5, 0.6) is 0 Å². The Balaban J connectivity index is 1.41. The average molecular weight is 434 g/mol. The average Bonchev–Trinajstić information content (AvgIpc) is 2.79. The monoisotopic (exact) mass is 433 g/mol. The molecule has 0 bridgehead atoms. The first-order valence-corrected chi connectivity index (χ1v) is 11.4. The number of fused-ring (bicyclic) bond motifs is 1. The fraction of sp³-hybridized carbons (Fsp3) is 0.360. The van der Waals surface area contributed by atoms with Crippen molar-refractivity contribution in [3.63, 3.8) is 0 Å². The predicted octanol–water partition coefficient (Wildman–Crippen LogP) is 4.34. The smallest absolute Gasteiger partial charge is 0.171 e. The molecule has 2 heterocycles. The highest BCUT2D eigenvalue weighted by Crippen LogP contribution is 2.26. The molecule has 3 aromatic rings. The van der Waals surface area contributed by atoms with E-state index in [-0.39, 0.29) is 0 Å². The number of rotatable bonds is 5. The summed E-state index contributed by atoms with van der Waals surface area (Å²) in [4.78, 5) is 9.67. The molecule has 0 amide bonds. The third-order valence-corrected chi connectivity index (χ3v) is 6.22. The minimum absolute atomic E-state index is 0.624. The highest BCUT2D eigenvalue weighted by atomic mass is 32.1. The van der Waals surface area contributed by atoms with Crippen molar-refractivity contribution in [1.82, 2.24) is 15.2 Å². The zero-order valence-corrected chi connectivity index (χ0v) is 19.4. The van der Waals surface area contributed by atoms with Gasteiger partial charge in [0.1, 0.15) is 5.82 Å². The number of pyridine rings is 1. The molecule has 6 heteroatoms. The van der Waals surface area contributed by atoms with Gasteiger partial charge in [-0.3, -0.25) is 0 Å². The van der Waals surface area contributed by atoms with Crippen LogP contribution in [-0.2, 0) is 13.0 Å². The molecular weight excluding hydrogens is 402 g/mol. The highest BCUT2D eigenvalue weighted by molar-refractivity contribution is 7.80. The zero-order valence-electron chi connectivity index (χ0n) is 18.6. The predicted molar refractivity (Wildman–Crippen MR) is 135 cm³/mol. The second kappa shape index (κ2) is 9.62. The summed E-state index contributed by atoms with van der Waals surface area (Å²) in [6, 6.07) is 17.1. The number of aryl methyl sites for hydroxylation is 2. The number of hydrogen-bond acceptors (Lipinski definition) is 4. The van der Waals surface area contributed by atoms with Crippen molar-refractivity contribution >= 4 is 39.7 Å². The van der Waals surface area contributed by atoms with E-state index in [1.165, 1.54) is 16.7 Å². The second-order valence-electron chi connectivity index (χ2n) is 8.30. The Labute approximate surface area is 190 Å². The molecule has 0 saturated carbocycles. The van der Waals surface area contributed by atoms with Crippen molar-refractivity contribution in [3.05, 3.63) is 65.2 Å². The van der Waals surface area contributed by atoms with E-state index in [4.69, 9.17) is 17.2 Å². The summed E-state index contributed by atoms with van der Waals surface area (Å²) >= 11 is 5.51. The molecule has 4 rings (SSSR count). The van der Waals surface area contributed by atoms with E-state index >= 15 is 0 Å². The van der Waals surface area contributed by atoms with Crippen LogP contribution in [-0.4, -0.2) is 48.2 Å². The maximum atomic E-state index is 5.51. The Morgan fingerprint density at radius 3 is 2.42 bits per heavy atom. The summed E-state index contributed by atoms with van der Waals surface area (Å²) in [5.74, 6) is 1.07. The van der Waals surface area contributed by atoms with Gasteiger partial charge in [-0.15, -0.1) is 0 Å². The Morgan fingerprint density at radius 2 is 1.71 bits per heavy atom. The maximum Gasteiger partial charge on any atom is 0.171 e. The Bertz CT molecular complexity index is 1060. The van der Waals surface area contributed by atoms with Crippen molar-refractivity contribution in [2.24, 2.45) is 0 Å². The summed E-state index contributed by atoms with van der Waals surface area (Å²) in [5.41, 5.74) is 5.80. The number of benzene rings is 2. The number of piperazine rings is 1. The van der Waals surface area contributed by atoms with Gasteiger partial charge in [-0.05, 0) is 73.6 Å². The van der Waals surface area contributed by atoms with Crippen LogP contribution in [0.3, 0.4) is 0 Å². The van der Waals surface area contributed by atoms with E-state index < -0.39 is 0 Å². The standard InChI is InChI=1S/C25H31N5S/c1-4-19-5-7-20(8-6-19)17-26-25(31)27-21-9-10-23-22(16-21)18(2)15-24(28-23)30-13-11-29(3)12-14-30/h5-10,15-16H,4,11-14,17H2,1-3H3,(H2,26,27,31). The quantitative estimate of drug-likeness (QED) is 0.584. The third kappa shape index (κ3) is 5.32.